The molecule has 78 valence electrons. The maximum Gasteiger partial charge on any atom is 0.330 e. The van der Waals surface area contributed by atoms with Gasteiger partial charge in [0.25, 0.3) is 0 Å². The Morgan fingerprint density at radius 1 is 1.43 bits per heavy atom. The number of aliphatic carboxylic acids is 1. The lowest BCUT2D eigenvalue weighted by Gasteiger charge is -1.96. The SMILES string of the molecule is COC(=O)/C=C/C1C(C(=O)O)C1(C)C. The highest BCUT2D eigenvalue weighted by Crippen LogP contribution is 2.58. The zero-order chi connectivity index (χ0) is 10.9. The number of carboxylic acids is 1. The topological polar surface area (TPSA) is 63.6 Å². The number of hydrogen-bond donors (Lipinski definition) is 1. The van der Waals surface area contributed by atoms with Gasteiger partial charge < -0.3 is 9.84 Å². The second-order valence-electron chi connectivity index (χ2n) is 4.05. The summed E-state index contributed by atoms with van der Waals surface area (Å²) in [6.07, 6.45) is 2.90. The van der Waals surface area contributed by atoms with Gasteiger partial charge in [0.15, 0.2) is 0 Å². The first-order valence-electron chi connectivity index (χ1n) is 4.40. The van der Waals surface area contributed by atoms with Gasteiger partial charge in [0, 0.05) is 6.08 Å². The monoisotopic (exact) mass is 198 g/mol. The molecule has 4 nitrogen and oxygen atoms in total. The minimum absolute atomic E-state index is 0.0703. The maximum absolute atomic E-state index is 10.8. The van der Waals surface area contributed by atoms with Crippen molar-refractivity contribution in [1.29, 1.82) is 0 Å². The molecule has 0 aromatic carbocycles. The summed E-state index contributed by atoms with van der Waals surface area (Å²) in [6.45, 7) is 3.75. The summed E-state index contributed by atoms with van der Waals surface area (Å²) in [4.78, 5) is 21.5. The van der Waals surface area contributed by atoms with E-state index >= 15 is 0 Å². The Hall–Kier alpha value is -1.32. The van der Waals surface area contributed by atoms with Crippen molar-refractivity contribution in [3.63, 3.8) is 0 Å². The Bertz CT molecular complexity index is 290. The minimum Gasteiger partial charge on any atom is -0.481 e. The van der Waals surface area contributed by atoms with Crippen LogP contribution in [-0.2, 0) is 14.3 Å². The number of carbonyl (C=O) groups excluding carboxylic acids is 1. The van der Waals surface area contributed by atoms with Crippen LogP contribution in [-0.4, -0.2) is 24.2 Å². The fraction of sp³-hybridized carbons (Fsp3) is 0.600. The normalized spacial score (nSPS) is 28.8. The average Bonchev–Trinajstić information content (AvgIpc) is 2.64. The lowest BCUT2D eigenvalue weighted by atomic mass is 10.1. The van der Waals surface area contributed by atoms with Crippen LogP contribution in [0.25, 0.3) is 0 Å². The van der Waals surface area contributed by atoms with Crippen LogP contribution >= 0.6 is 0 Å². The highest BCUT2D eigenvalue weighted by molar-refractivity contribution is 5.82. The van der Waals surface area contributed by atoms with E-state index < -0.39 is 11.9 Å². The molecule has 0 aromatic heterocycles. The van der Waals surface area contributed by atoms with Crippen molar-refractivity contribution >= 4 is 11.9 Å². The van der Waals surface area contributed by atoms with Gasteiger partial charge in [0.1, 0.15) is 0 Å². The van der Waals surface area contributed by atoms with Crippen LogP contribution < -0.4 is 0 Å². The maximum atomic E-state index is 10.8. The number of rotatable bonds is 3. The number of methoxy groups -OCH3 is 1. The molecule has 4 heteroatoms. The molecule has 2 unspecified atom stereocenters. The number of allylic oxidation sites excluding steroid dienone is 1. The third-order valence-corrected chi connectivity index (χ3v) is 2.82. The molecule has 0 radical (unpaired) electrons. The summed E-state index contributed by atoms with van der Waals surface area (Å²) in [5, 5.41) is 8.83. The number of esters is 1. The van der Waals surface area contributed by atoms with Gasteiger partial charge in [-0.1, -0.05) is 19.9 Å². The van der Waals surface area contributed by atoms with Crippen molar-refractivity contribution in [3.8, 4) is 0 Å². The Morgan fingerprint density at radius 3 is 2.36 bits per heavy atom. The fourth-order valence-corrected chi connectivity index (χ4v) is 1.76. The average molecular weight is 198 g/mol. The third kappa shape index (κ3) is 1.78. The molecule has 0 heterocycles. The zero-order valence-corrected chi connectivity index (χ0v) is 8.48. The number of carbonyl (C=O) groups is 2. The van der Waals surface area contributed by atoms with E-state index in [0.29, 0.717) is 0 Å². The number of hydrogen-bond acceptors (Lipinski definition) is 3. The number of ether oxygens (including phenoxy) is 1. The molecule has 0 aromatic rings. The summed E-state index contributed by atoms with van der Waals surface area (Å²) in [6, 6.07) is 0. The predicted octanol–water partition coefficient (Wildman–Crippen LogP) is 1.07. The number of carboxylic acid groups (broad SMARTS) is 1. The van der Waals surface area contributed by atoms with Gasteiger partial charge >= 0.3 is 11.9 Å². The molecule has 0 saturated heterocycles. The molecule has 1 fully saturated rings. The van der Waals surface area contributed by atoms with Gasteiger partial charge in [-0.05, 0) is 11.3 Å². The molecule has 1 N–H and O–H groups in total. The van der Waals surface area contributed by atoms with E-state index in [4.69, 9.17) is 5.11 Å². The smallest absolute Gasteiger partial charge is 0.330 e. The van der Waals surface area contributed by atoms with Gasteiger partial charge in [-0.3, -0.25) is 4.79 Å². The van der Waals surface area contributed by atoms with Crippen molar-refractivity contribution < 1.29 is 19.4 Å². The quantitative estimate of drug-likeness (QED) is 0.544. The molecule has 1 aliphatic rings. The molecule has 1 rings (SSSR count). The van der Waals surface area contributed by atoms with Crippen molar-refractivity contribution in [2.75, 3.05) is 7.11 Å². The van der Waals surface area contributed by atoms with Crippen molar-refractivity contribution in [3.05, 3.63) is 12.2 Å². The molecular formula is C10H14O4. The van der Waals surface area contributed by atoms with Crippen LogP contribution in [0.3, 0.4) is 0 Å². The largest absolute Gasteiger partial charge is 0.481 e. The first kappa shape index (κ1) is 10.8. The summed E-state index contributed by atoms with van der Waals surface area (Å²) in [5.74, 6) is -1.71. The first-order chi connectivity index (χ1) is 6.41. The van der Waals surface area contributed by atoms with Crippen LogP contribution in [0.1, 0.15) is 13.8 Å². The van der Waals surface area contributed by atoms with Gasteiger partial charge in [0.05, 0.1) is 13.0 Å². The summed E-state index contributed by atoms with van der Waals surface area (Å²) in [7, 11) is 1.29. The standard InChI is InChI=1S/C10H14O4/c1-10(2)6(8(10)9(12)13)4-5-7(11)14-3/h4-6,8H,1-3H3,(H,12,13)/b5-4+. The second kappa shape index (κ2) is 3.44. The lowest BCUT2D eigenvalue weighted by Crippen LogP contribution is -2.03. The molecule has 0 bridgehead atoms. The second-order valence-corrected chi connectivity index (χ2v) is 4.05. The van der Waals surface area contributed by atoms with E-state index in [2.05, 4.69) is 4.74 Å². The molecule has 0 amide bonds. The zero-order valence-electron chi connectivity index (χ0n) is 8.48. The molecule has 1 saturated carbocycles. The summed E-state index contributed by atoms with van der Waals surface area (Å²) >= 11 is 0. The van der Waals surface area contributed by atoms with Crippen LogP contribution in [0.15, 0.2) is 12.2 Å². The highest BCUT2D eigenvalue weighted by Gasteiger charge is 2.60. The van der Waals surface area contributed by atoms with E-state index in [9.17, 15) is 9.59 Å². The van der Waals surface area contributed by atoms with Crippen LogP contribution in [0.4, 0.5) is 0 Å². The molecule has 1 aliphatic carbocycles. The van der Waals surface area contributed by atoms with Gasteiger partial charge in [-0.25, -0.2) is 4.79 Å². The molecular weight excluding hydrogens is 184 g/mol. The summed E-state index contributed by atoms with van der Waals surface area (Å²) < 4.78 is 4.42. The van der Waals surface area contributed by atoms with E-state index in [-0.39, 0.29) is 17.3 Å². The van der Waals surface area contributed by atoms with Crippen molar-refractivity contribution in [2.24, 2.45) is 17.3 Å². The van der Waals surface area contributed by atoms with Crippen LogP contribution in [0.2, 0.25) is 0 Å². The van der Waals surface area contributed by atoms with Gasteiger partial charge in [0.2, 0.25) is 0 Å². The Kier molecular flexibility index (Phi) is 2.64. The van der Waals surface area contributed by atoms with Crippen LogP contribution in [0, 0.1) is 17.3 Å². The Balaban J connectivity index is 2.61. The lowest BCUT2D eigenvalue weighted by molar-refractivity contribution is -0.139. The predicted molar refractivity (Wildman–Crippen MR) is 49.6 cm³/mol. The Labute approximate surface area is 82.6 Å². The highest BCUT2D eigenvalue weighted by atomic mass is 16.5. The van der Waals surface area contributed by atoms with Crippen LogP contribution in [0.5, 0.6) is 0 Å². The fourth-order valence-electron chi connectivity index (χ4n) is 1.76. The van der Waals surface area contributed by atoms with Crippen molar-refractivity contribution in [2.45, 2.75) is 13.8 Å². The molecule has 14 heavy (non-hydrogen) atoms. The first-order valence-corrected chi connectivity index (χ1v) is 4.40. The van der Waals surface area contributed by atoms with Crippen molar-refractivity contribution in [1.82, 2.24) is 0 Å². The third-order valence-electron chi connectivity index (χ3n) is 2.82. The van der Waals surface area contributed by atoms with Gasteiger partial charge in [-0.15, -0.1) is 0 Å². The van der Waals surface area contributed by atoms with E-state index in [1.165, 1.54) is 13.2 Å². The Morgan fingerprint density at radius 2 is 2.00 bits per heavy atom. The molecule has 0 spiro atoms. The molecule has 2 atom stereocenters. The summed E-state index contributed by atoms with van der Waals surface area (Å²) in [5.41, 5.74) is -0.254. The molecule has 0 aliphatic heterocycles. The minimum atomic E-state index is -0.811. The van der Waals surface area contributed by atoms with E-state index in [1.807, 2.05) is 13.8 Å². The van der Waals surface area contributed by atoms with E-state index in [0.717, 1.165) is 0 Å². The van der Waals surface area contributed by atoms with E-state index in [1.54, 1.807) is 6.08 Å². The van der Waals surface area contributed by atoms with Gasteiger partial charge in [-0.2, -0.15) is 0 Å².